The van der Waals surface area contributed by atoms with Gasteiger partial charge in [-0.3, -0.25) is 0 Å². The third-order valence-electron chi connectivity index (χ3n) is 5.78. The van der Waals surface area contributed by atoms with Gasteiger partial charge in [0.15, 0.2) is 5.82 Å². The van der Waals surface area contributed by atoms with Crippen LogP contribution in [0.2, 0.25) is 0 Å². The highest BCUT2D eigenvalue weighted by atomic mass is 79.9. The van der Waals surface area contributed by atoms with E-state index in [1.165, 1.54) is 28.9 Å². The lowest BCUT2D eigenvalue weighted by Crippen LogP contribution is -2.31. The third kappa shape index (κ3) is 3.58. The van der Waals surface area contributed by atoms with Gasteiger partial charge in [-0.2, -0.15) is 0 Å². The summed E-state index contributed by atoms with van der Waals surface area (Å²) in [5.41, 5.74) is 13.8. The Kier molecular flexibility index (Phi) is 5.44. The molecular formula is C21H20BrFN6O2S. The molecule has 1 aliphatic heterocycles. The Morgan fingerprint density at radius 1 is 1.12 bits per heavy atom. The van der Waals surface area contributed by atoms with Crippen LogP contribution >= 0.6 is 27.7 Å². The molecule has 1 aliphatic rings. The molecule has 0 saturated carbocycles. The van der Waals surface area contributed by atoms with Gasteiger partial charge in [0.1, 0.15) is 35.1 Å². The summed E-state index contributed by atoms with van der Waals surface area (Å²) in [4.78, 5) is 12.4. The van der Waals surface area contributed by atoms with E-state index in [1.54, 1.807) is 0 Å². The molecule has 4 atom stereocenters. The fraction of sp³-hybridized carbons (Fsp3) is 0.286. The normalized spacial score (nSPS) is 23.4. The molecule has 1 saturated heterocycles. The number of aromatic nitrogens is 4. The summed E-state index contributed by atoms with van der Waals surface area (Å²) in [5.74, 6) is -0.0881. The average Bonchev–Trinajstić information content (AvgIpc) is 3.25. The molecule has 0 unspecified atom stereocenters. The van der Waals surface area contributed by atoms with Crippen LogP contribution in [0.25, 0.3) is 21.9 Å². The highest BCUT2D eigenvalue weighted by molar-refractivity contribution is 9.10. The van der Waals surface area contributed by atoms with Gasteiger partial charge in [0, 0.05) is 16.8 Å². The number of aryl methyl sites for hydroxylation is 1. The summed E-state index contributed by atoms with van der Waals surface area (Å²) >= 11 is 4.78. The minimum Gasteiger partial charge on any atom is -0.389 e. The van der Waals surface area contributed by atoms with E-state index >= 15 is 0 Å². The van der Waals surface area contributed by atoms with Gasteiger partial charge in [-0.25, -0.2) is 19.3 Å². The maximum Gasteiger partial charge on any atom is 0.154 e. The van der Waals surface area contributed by atoms with Crippen molar-refractivity contribution in [2.75, 3.05) is 11.5 Å². The van der Waals surface area contributed by atoms with Crippen LogP contribution in [-0.4, -0.2) is 47.2 Å². The number of aliphatic hydroxyl groups excluding tert-OH is 2. The van der Waals surface area contributed by atoms with Crippen LogP contribution in [0.1, 0.15) is 17.4 Å². The summed E-state index contributed by atoms with van der Waals surface area (Å²) in [7, 11) is 0. The fourth-order valence-electron chi connectivity index (χ4n) is 4.12. The lowest BCUT2D eigenvalue weighted by Gasteiger charge is -2.17. The largest absolute Gasteiger partial charge is 0.389 e. The molecule has 1 fully saturated rings. The first kappa shape index (κ1) is 21.4. The number of rotatable bonds is 4. The Labute approximate surface area is 195 Å². The Hall–Kier alpha value is -2.47. The molecule has 6 N–H and O–H groups in total. The molecule has 0 spiro atoms. The monoisotopic (exact) mass is 518 g/mol. The number of nitrogens with two attached hydrogens (primary N) is 2. The predicted octanol–water partition coefficient (Wildman–Crippen LogP) is 3.01. The molecule has 166 valence electrons. The summed E-state index contributed by atoms with van der Waals surface area (Å²) < 4.78 is 16.7. The molecular weight excluding hydrogens is 499 g/mol. The molecule has 8 nitrogen and oxygen atoms in total. The topological polar surface area (TPSA) is 136 Å². The second kappa shape index (κ2) is 8.14. The van der Waals surface area contributed by atoms with Crippen LogP contribution in [-0.2, 0) is 6.42 Å². The number of hydrogen-bond acceptors (Lipinski definition) is 8. The van der Waals surface area contributed by atoms with E-state index in [4.69, 9.17) is 11.5 Å². The molecule has 0 aliphatic carbocycles. The summed E-state index contributed by atoms with van der Waals surface area (Å²) in [6, 6.07) is 7.90. The predicted molar refractivity (Wildman–Crippen MR) is 127 cm³/mol. The zero-order chi connectivity index (χ0) is 22.6. The fourth-order valence-corrected chi connectivity index (χ4v) is 6.00. The number of fused-ring (bicyclic) bond motifs is 2. The molecule has 3 aromatic heterocycles. The van der Waals surface area contributed by atoms with E-state index in [9.17, 15) is 14.6 Å². The SMILES string of the molecule is Nc1nc2cc(CC[C@H]3S[C@@H](n4cc(F)c5c(N)ncnc54)[C@H](O)[C@@H]3O)ccc2cc1Br. The van der Waals surface area contributed by atoms with Crippen molar-refractivity contribution >= 4 is 61.3 Å². The van der Waals surface area contributed by atoms with E-state index in [0.717, 1.165) is 20.9 Å². The van der Waals surface area contributed by atoms with Crippen LogP contribution in [0.3, 0.4) is 0 Å². The number of anilines is 2. The molecule has 0 bridgehead atoms. The van der Waals surface area contributed by atoms with Crippen molar-refractivity contribution in [1.29, 1.82) is 0 Å². The van der Waals surface area contributed by atoms with Crippen molar-refractivity contribution in [2.45, 2.75) is 35.7 Å². The maximum atomic E-state index is 14.4. The quantitative estimate of drug-likeness (QED) is 0.323. The molecule has 1 aromatic carbocycles. The first-order chi connectivity index (χ1) is 15.3. The second-order valence-electron chi connectivity index (χ2n) is 7.81. The van der Waals surface area contributed by atoms with Crippen LogP contribution in [0, 0.1) is 5.82 Å². The lowest BCUT2D eigenvalue weighted by molar-refractivity contribution is 0.0176. The van der Waals surface area contributed by atoms with Crippen molar-refractivity contribution in [3.05, 3.63) is 52.6 Å². The lowest BCUT2D eigenvalue weighted by atomic mass is 10.0. The van der Waals surface area contributed by atoms with Crippen molar-refractivity contribution in [3.8, 4) is 0 Å². The molecule has 5 rings (SSSR count). The van der Waals surface area contributed by atoms with Gasteiger partial charge in [0.2, 0.25) is 0 Å². The number of nitrogen functional groups attached to an aromatic ring is 2. The molecule has 11 heteroatoms. The highest BCUT2D eigenvalue weighted by Crippen LogP contribution is 2.45. The Morgan fingerprint density at radius 2 is 1.94 bits per heavy atom. The smallest absolute Gasteiger partial charge is 0.154 e. The molecule has 0 radical (unpaired) electrons. The van der Waals surface area contributed by atoms with E-state index < -0.39 is 23.4 Å². The van der Waals surface area contributed by atoms with Gasteiger partial charge >= 0.3 is 0 Å². The van der Waals surface area contributed by atoms with Gasteiger partial charge in [0.25, 0.3) is 0 Å². The Bertz CT molecular complexity index is 1330. The summed E-state index contributed by atoms with van der Waals surface area (Å²) in [5, 5.41) is 21.6. The minimum absolute atomic E-state index is 0.0402. The van der Waals surface area contributed by atoms with Crippen LogP contribution in [0.5, 0.6) is 0 Å². The number of nitrogens with zero attached hydrogens (tertiary/aromatic N) is 4. The van der Waals surface area contributed by atoms with Gasteiger partial charge in [0.05, 0.1) is 21.5 Å². The van der Waals surface area contributed by atoms with Crippen molar-refractivity contribution < 1.29 is 14.6 Å². The number of pyridine rings is 1. The van der Waals surface area contributed by atoms with E-state index in [1.807, 2.05) is 24.3 Å². The van der Waals surface area contributed by atoms with Gasteiger partial charge in [-0.1, -0.05) is 12.1 Å². The standard InChI is InChI=1S/C21H20BrFN6O2S/c22-11-6-10-3-1-9(5-13(10)28-18(11)24)2-4-14-16(30)17(31)21(32-14)29-7-12(23)15-19(25)26-8-27-20(15)29/h1,3,5-8,14,16-17,21,30-31H,2,4H2,(H2,24,28)(H2,25,26,27)/t14-,16-,17-,21-/m1/s1. The van der Waals surface area contributed by atoms with Crippen molar-refractivity contribution in [2.24, 2.45) is 0 Å². The Balaban J connectivity index is 1.36. The Morgan fingerprint density at radius 3 is 2.75 bits per heavy atom. The first-order valence-corrected chi connectivity index (χ1v) is 11.7. The summed E-state index contributed by atoms with van der Waals surface area (Å²) in [6.45, 7) is 0. The van der Waals surface area contributed by atoms with Crippen molar-refractivity contribution in [1.82, 2.24) is 19.5 Å². The minimum atomic E-state index is -1.08. The van der Waals surface area contributed by atoms with Gasteiger partial charge in [-0.15, -0.1) is 11.8 Å². The average molecular weight is 519 g/mol. The van der Waals surface area contributed by atoms with Gasteiger partial charge in [-0.05, 0) is 46.5 Å². The van der Waals surface area contributed by atoms with Crippen LogP contribution in [0.15, 0.2) is 41.3 Å². The molecule has 32 heavy (non-hydrogen) atoms. The number of benzene rings is 1. The second-order valence-corrected chi connectivity index (χ2v) is 10.0. The summed E-state index contributed by atoms with van der Waals surface area (Å²) in [6.07, 6.45) is 1.77. The van der Waals surface area contributed by atoms with Crippen LogP contribution < -0.4 is 11.5 Å². The van der Waals surface area contributed by atoms with Gasteiger partial charge < -0.3 is 26.2 Å². The molecule has 4 aromatic rings. The number of aliphatic hydroxyl groups is 2. The first-order valence-electron chi connectivity index (χ1n) is 9.96. The molecule has 0 amide bonds. The van der Waals surface area contributed by atoms with E-state index in [2.05, 4.69) is 30.9 Å². The van der Waals surface area contributed by atoms with E-state index in [0.29, 0.717) is 24.3 Å². The molecule has 4 heterocycles. The third-order valence-corrected chi connectivity index (χ3v) is 8.07. The zero-order valence-corrected chi connectivity index (χ0v) is 19.1. The number of halogens is 2. The zero-order valence-electron chi connectivity index (χ0n) is 16.7. The maximum absolute atomic E-state index is 14.4. The number of hydrogen-bond donors (Lipinski definition) is 4. The van der Waals surface area contributed by atoms with E-state index in [-0.39, 0.29) is 16.5 Å². The van der Waals surface area contributed by atoms with Crippen LogP contribution in [0.4, 0.5) is 16.0 Å². The number of thioether (sulfide) groups is 1. The van der Waals surface area contributed by atoms with Crippen molar-refractivity contribution in [3.63, 3.8) is 0 Å². The highest BCUT2D eigenvalue weighted by Gasteiger charge is 2.43.